The van der Waals surface area contributed by atoms with Crippen molar-refractivity contribution in [1.82, 2.24) is 19.9 Å². The third kappa shape index (κ3) is 4.68. The first-order chi connectivity index (χ1) is 13.6. The summed E-state index contributed by atoms with van der Waals surface area (Å²) in [5.41, 5.74) is 0.755. The number of halogens is 1. The minimum atomic E-state index is 0.166. The Balaban J connectivity index is 1.20. The number of nitriles is 1. The van der Waals surface area contributed by atoms with E-state index in [0.717, 1.165) is 36.6 Å². The van der Waals surface area contributed by atoms with Gasteiger partial charge in [0, 0.05) is 24.8 Å². The van der Waals surface area contributed by atoms with E-state index in [4.69, 9.17) is 21.6 Å². The predicted octanol–water partition coefficient (Wildman–Crippen LogP) is 3.42. The highest BCUT2D eigenvalue weighted by Gasteiger charge is 2.39. The molecule has 28 heavy (non-hydrogen) atoms. The second-order valence-electron chi connectivity index (χ2n) is 7.72. The molecule has 8 heteroatoms. The van der Waals surface area contributed by atoms with Crippen molar-refractivity contribution in [2.45, 2.75) is 32.6 Å². The maximum atomic E-state index is 8.96. The number of ether oxygens (including phenoxy) is 1. The molecule has 2 aromatic rings. The zero-order valence-electron chi connectivity index (χ0n) is 15.9. The summed E-state index contributed by atoms with van der Waals surface area (Å²) in [4.78, 5) is 19.0. The highest BCUT2D eigenvalue weighted by Crippen LogP contribution is 2.45. The molecule has 0 aromatic carbocycles. The molecule has 4 rings (SSSR count). The smallest absolute Gasteiger partial charge is 0.235 e. The maximum Gasteiger partial charge on any atom is 0.235 e. The summed E-state index contributed by atoms with van der Waals surface area (Å²) in [5, 5.41) is 9.53. The second-order valence-corrected chi connectivity index (χ2v) is 8.15. The molecule has 0 radical (unpaired) electrons. The van der Waals surface area contributed by atoms with E-state index in [-0.39, 0.29) is 5.82 Å². The van der Waals surface area contributed by atoms with E-state index in [1.807, 2.05) is 13.0 Å². The number of hydrogen-bond donors (Lipinski definition) is 0. The van der Waals surface area contributed by atoms with Gasteiger partial charge in [-0.3, -0.25) is 0 Å². The van der Waals surface area contributed by atoms with Gasteiger partial charge in [0.15, 0.2) is 0 Å². The van der Waals surface area contributed by atoms with Crippen molar-refractivity contribution in [3.8, 4) is 11.9 Å². The van der Waals surface area contributed by atoms with Gasteiger partial charge in [0.1, 0.15) is 6.07 Å². The second kappa shape index (κ2) is 8.27. The summed E-state index contributed by atoms with van der Waals surface area (Å²) in [6.45, 7) is 4.51. The summed E-state index contributed by atoms with van der Waals surface area (Å²) in [5.74, 6) is 3.53. The Bertz CT molecular complexity index is 860. The minimum Gasteiger partial charge on any atom is -0.477 e. The van der Waals surface area contributed by atoms with Gasteiger partial charge in [-0.1, -0.05) is 11.6 Å². The molecular weight excluding hydrogens is 376 g/mol. The van der Waals surface area contributed by atoms with Crippen LogP contribution in [0.3, 0.4) is 0 Å². The van der Waals surface area contributed by atoms with Gasteiger partial charge >= 0.3 is 0 Å². The highest BCUT2D eigenvalue weighted by atomic mass is 35.5. The van der Waals surface area contributed by atoms with Crippen LogP contribution in [0.4, 0.5) is 5.95 Å². The fourth-order valence-corrected chi connectivity index (χ4v) is 4.02. The lowest BCUT2D eigenvalue weighted by atomic mass is 9.91. The van der Waals surface area contributed by atoms with E-state index >= 15 is 0 Å². The van der Waals surface area contributed by atoms with Gasteiger partial charge in [0.05, 0.1) is 24.0 Å². The molecule has 1 aliphatic heterocycles. The molecule has 0 N–H and O–H groups in total. The first kappa shape index (κ1) is 18.9. The van der Waals surface area contributed by atoms with Crippen LogP contribution in [0.5, 0.6) is 5.88 Å². The van der Waals surface area contributed by atoms with E-state index in [2.05, 4.69) is 24.8 Å². The number of aromatic nitrogens is 4. The van der Waals surface area contributed by atoms with Gasteiger partial charge in [-0.25, -0.2) is 15.0 Å². The number of nitrogens with zero attached hydrogens (tertiary/aromatic N) is 6. The van der Waals surface area contributed by atoms with Crippen molar-refractivity contribution >= 4 is 17.5 Å². The molecule has 2 fully saturated rings. The molecule has 1 unspecified atom stereocenters. The lowest BCUT2D eigenvalue weighted by Gasteiger charge is -2.32. The lowest BCUT2D eigenvalue weighted by molar-refractivity contribution is 0.270. The summed E-state index contributed by atoms with van der Waals surface area (Å²) < 4.78 is 5.82. The maximum absolute atomic E-state index is 8.96. The van der Waals surface area contributed by atoms with Gasteiger partial charge in [0.2, 0.25) is 17.7 Å². The fourth-order valence-electron chi connectivity index (χ4n) is 3.92. The number of anilines is 1. The Labute approximate surface area is 169 Å². The van der Waals surface area contributed by atoms with Crippen LogP contribution in [0.1, 0.15) is 37.2 Å². The van der Waals surface area contributed by atoms with Crippen LogP contribution in [0, 0.1) is 36.0 Å². The highest BCUT2D eigenvalue weighted by molar-refractivity contribution is 6.30. The Kier molecular flexibility index (Phi) is 5.58. The average molecular weight is 399 g/mol. The van der Waals surface area contributed by atoms with Crippen molar-refractivity contribution in [2.75, 3.05) is 24.6 Å². The molecule has 2 atom stereocenters. The lowest BCUT2D eigenvalue weighted by Crippen LogP contribution is -2.35. The van der Waals surface area contributed by atoms with Crippen LogP contribution < -0.4 is 9.64 Å². The Morgan fingerprint density at radius 3 is 2.68 bits per heavy atom. The van der Waals surface area contributed by atoms with E-state index in [0.29, 0.717) is 23.4 Å². The van der Waals surface area contributed by atoms with Crippen LogP contribution in [0.2, 0.25) is 5.02 Å². The van der Waals surface area contributed by atoms with Crippen molar-refractivity contribution in [1.29, 1.82) is 5.26 Å². The molecule has 146 valence electrons. The van der Waals surface area contributed by atoms with Gasteiger partial charge in [-0.15, -0.1) is 0 Å². The van der Waals surface area contributed by atoms with Crippen molar-refractivity contribution < 1.29 is 4.74 Å². The molecular formula is C20H23ClN6O. The molecule has 1 saturated carbocycles. The Morgan fingerprint density at radius 2 is 1.96 bits per heavy atom. The van der Waals surface area contributed by atoms with Crippen LogP contribution in [0.15, 0.2) is 18.5 Å². The summed E-state index contributed by atoms with van der Waals surface area (Å²) in [6.07, 6.45) is 8.14. The number of piperidine rings is 1. The first-order valence-electron chi connectivity index (χ1n) is 9.72. The fraction of sp³-hybridized carbons (Fsp3) is 0.550. The molecule has 0 bridgehead atoms. The van der Waals surface area contributed by atoms with E-state index in [9.17, 15) is 0 Å². The number of hydrogen-bond acceptors (Lipinski definition) is 7. The van der Waals surface area contributed by atoms with E-state index in [1.165, 1.54) is 25.7 Å². The van der Waals surface area contributed by atoms with Gasteiger partial charge in [0.25, 0.3) is 0 Å². The van der Waals surface area contributed by atoms with Crippen LogP contribution in [-0.2, 0) is 0 Å². The monoisotopic (exact) mass is 398 g/mol. The molecule has 1 saturated heterocycles. The standard InChI is InChI=1S/C20H23ClN6O/c1-13-6-19(26-18(9-22)25-13)28-12-16-8-15(16)7-14-2-4-27(5-3-14)20-23-10-17(21)11-24-20/h6,10-11,14-16H,2-5,7-8,12H2,1H3/t15-,16?/m0/s1. The van der Waals surface area contributed by atoms with E-state index < -0.39 is 0 Å². The van der Waals surface area contributed by atoms with E-state index in [1.54, 1.807) is 18.5 Å². The number of rotatable bonds is 6. The molecule has 2 aromatic heterocycles. The molecule has 2 aliphatic rings. The zero-order valence-corrected chi connectivity index (χ0v) is 16.6. The number of aryl methyl sites for hydroxylation is 1. The summed E-state index contributed by atoms with van der Waals surface area (Å²) in [7, 11) is 0. The average Bonchev–Trinajstić information content (AvgIpc) is 3.45. The normalized spacial score (nSPS) is 22.0. The molecule has 0 amide bonds. The van der Waals surface area contributed by atoms with Crippen LogP contribution >= 0.6 is 11.6 Å². The van der Waals surface area contributed by atoms with Crippen molar-refractivity contribution in [3.63, 3.8) is 0 Å². The summed E-state index contributed by atoms with van der Waals surface area (Å²) in [6, 6.07) is 3.76. The summed E-state index contributed by atoms with van der Waals surface area (Å²) >= 11 is 5.86. The van der Waals surface area contributed by atoms with Gasteiger partial charge in [-0.05, 0) is 50.4 Å². The van der Waals surface area contributed by atoms with Crippen molar-refractivity contribution in [2.24, 2.45) is 17.8 Å². The zero-order chi connectivity index (χ0) is 19.5. The SMILES string of the molecule is Cc1cc(OCC2C[C@@H]2CC2CCN(c3ncc(Cl)cn3)CC2)nc(C#N)n1. The van der Waals surface area contributed by atoms with Crippen molar-refractivity contribution in [3.05, 3.63) is 35.0 Å². The topological polar surface area (TPSA) is 87.8 Å². The molecule has 0 spiro atoms. The quantitative estimate of drug-likeness (QED) is 0.736. The molecule has 1 aliphatic carbocycles. The van der Waals surface area contributed by atoms with Crippen LogP contribution in [-0.4, -0.2) is 39.6 Å². The predicted molar refractivity (Wildman–Crippen MR) is 105 cm³/mol. The van der Waals surface area contributed by atoms with Gasteiger partial charge in [-0.2, -0.15) is 10.2 Å². The molecule has 3 heterocycles. The van der Waals surface area contributed by atoms with Gasteiger partial charge < -0.3 is 9.64 Å². The largest absolute Gasteiger partial charge is 0.477 e. The van der Waals surface area contributed by atoms with Crippen LogP contribution in [0.25, 0.3) is 0 Å². The third-order valence-electron chi connectivity index (χ3n) is 5.59. The minimum absolute atomic E-state index is 0.166. The third-order valence-corrected chi connectivity index (χ3v) is 5.78. The first-order valence-corrected chi connectivity index (χ1v) is 10.1. The molecule has 7 nitrogen and oxygen atoms in total. The Hall–Kier alpha value is -2.46. The Morgan fingerprint density at radius 1 is 1.21 bits per heavy atom.